The fraction of sp³-hybridized carbons (Fsp3) is 0.818. The molecule has 1 aliphatic rings. The van der Waals surface area contributed by atoms with Crippen LogP contribution in [0.1, 0.15) is 19.8 Å². The number of likely N-dealkylation sites (N-methyl/N-ethyl adjacent to an activating group) is 1. The predicted octanol–water partition coefficient (Wildman–Crippen LogP) is -0.410. The van der Waals surface area contributed by atoms with Crippen LogP contribution >= 0.6 is 0 Å². The first-order valence-corrected chi connectivity index (χ1v) is 7.94. The summed E-state index contributed by atoms with van der Waals surface area (Å²) in [6.45, 7) is 1.98. The van der Waals surface area contributed by atoms with E-state index in [1.807, 2.05) is 0 Å². The Morgan fingerprint density at radius 1 is 1.42 bits per heavy atom. The summed E-state index contributed by atoms with van der Waals surface area (Å²) in [5, 5.41) is 8.88. The third kappa shape index (κ3) is 3.90. The quantitative estimate of drug-likeness (QED) is 0.760. The molecule has 1 fully saturated rings. The topological polar surface area (TPSA) is 95.0 Å². The molecule has 1 aliphatic heterocycles. The molecule has 0 aliphatic carbocycles. The molecule has 1 amide bonds. The molecular formula is C11H20N2O5S. The van der Waals surface area contributed by atoms with E-state index in [2.05, 4.69) is 0 Å². The van der Waals surface area contributed by atoms with E-state index in [1.54, 1.807) is 0 Å². The second-order valence-electron chi connectivity index (χ2n) is 4.92. The first-order chi connectivity index (χ1) is 8.64. The van der Waals surface area contributed by atoms with Crippen molar-refractivity contribution in [3.63, 3.8) is 0 Å². The van der Waals surface area contributed by atoms with Crippen LogP contribution in [-0.2, 0) is 19.6 Å². The van der Waals surface area contributed by atoms with Crippen molar-refractivity contribution in [2.24, 2.45) is 5.92 Å². The van der Waals surface area contributed by atoms with Crippen LogP contribution in [0.2, 0.25) is 0 Å². The van der Waals surface area contributed by atoms with E-state index < -0.39 is 28.0 Å². The van der Waals surface area contributed by atoms with E-state index in [0.29, 0.717) is 19.4 Å². The fourth-order valence-corrected chi connectivity index (χ4v) is 3.00. The molecule has 1 rings (SSSR count). The lowest BCUT2D eigenvalue weighted by molar-refractivity contribution is -0.150. The van der Waals surface area contributed by atoms with Gasteiger partial charge in [0.25, 0.3) is 0 Å². The third-order valence-electron chi connectivity index (χ3n) is 3.49. The van der Waals surface area contributed by atoms with Crippen molar-refractivity contribution in [3.8, 4) is 0 Å². The molecule has 8 heteroatoms. The maximum absolute atomic E-state index is 12.2. The van der Waals surface area contributed by atoms with E-state index in [0.717, 1.165) is 6.26 Å². The highest BCUT2D eigenvalue weighted by Crippen LogP contribution is 2.21. The van der Waals surface area contributed by atoms with Crippen LogP contribution in [0.15, 0.2) is 0 Å². The summed E-state index contributed by atoms with van der Waals surface area (Å²) in [5.41, 5.74) is 0. The second kappa shape index (κ2) is 5.87. The zero-order valence-electron chi connectivity index (χ0n) is 11.4. The highest BCUT2D eigenvalue weighted by Gasteiger charge is 2.33. The minimum atomic E-state index is -3.31. The Morgan fingerprint density at radius 2 is 2.00 bits per heavy atom. The summed E-state index contributed by atoms with van der Waals surface area (Å²) in [4.78, 5) is 24.2. The van der Waals surface area contributed by atoms with E-state index in [1.165, 1.54) is 23.2 Å². The first kappa shape index (κ1) is 15.9. The SMILES string of the molecule is C[C@@H](C(=O)O)N(C)C(=O)[C@H]1CCCN(S(C)(=O)=O)C1. The molecule has 1 heterocycles. The number of carbonyl (C=O) groups excluding carboxylic acids is 1. The molecule has 0 radical (unpaired) electrons. The Bertz CT molecular complexity index is 462. The summed E-state index contributed by atoms with van der Waals surface area (Å²) >= 11 is 0. The first-order valence-electron chi connectivity index (χ1n) is 6.09. The highest BCUT2D eigenvalue weighted by molar-refractivity contribution is 7.88. The number of carbonyl (C=O) groups is 2. The number of rotatable bonds is 4. The Balaban J connectivity index is 2.75. The molecule has 1 saturated heterocycles. The second-order valence-corrected chi connectivity index (χ2v) is 6.91. The van der Waals surface area contributed by atoms with Gasteiger partial charge in [0.15, 0.2) is 0 Å². The summed E-state index contributed by atoms with van der Waals surface area (Å²) in [6.07, 6.45) is 2.31. The van der Waals surface area contributed by atoms with Gasteiger partial charge in [0.05, 0.1) is 12.2 Å². The Morgan fingerprint density at radius 3 is 2.47 bits per heavy atom. The smallest absolute Gasteiger partial charge is 0.326 e. The van der Waals surface area contributed by atoms with Crippen LogP contribution in [0.3, 0.4) is 0 Å². The summed E-state index contributed by atoms with van der Waals surface area (Å²) in [7, 11) is -1.88. The van der Waals surface area contributed by atoms with Crippen molar-refractivity contribution in [2.45, 2.75) is 25.8 Å². The van der Waals surface area contributed by atoms with Gasteiger partial charge in [-0.25, -0.2) is 17.5 Å². The number of amides is 1. The van der Waals surface area contributed by atoms with E-state index >= 15 is 0 Å². The van der Waals surface area contributed by atoms with Gasteiger partial charge in [0.2, 0.25) is 15.9 Å². The van der Waals surface area contributed by atoms with Crippen LogP contribution in [0.4, 0.5) is 0 Å². The lowest BCUT2D eigenvalue weighted by Gasteiger charge is -2.33. The van der Waals surface area contributed by atoms with Crippen LogP contribution in [-0.4, -0.2) is 67.0 Å². The van der Waals surface area contributed by atoms with Crippen LogP contribution < -0.4 is 0 Å². The summed E-state index contributed by atoms with van der Waals surface area (Å²) in [6, 6.07) is -0.916. The molecule has 0 unspecified atom stereocenters. The van der Waals surface area contributed by atoms with Gasteiger partial charge in [-0.2, -0.15) is 0 Å². The normalized spacial score (nSPS) is 22.8. The fourth-order valence-electron chi connectivity index (χ4n) is 2.09. The Labute approximate surface area is 113 Å². The van der Waals surface area contributed by atoms with Gasteiger partial charge in [-0.1, -0.05) is 0 Å². The van der Waals surface area contributed by atoms with Gasteiger partial charge in [-0.05, 0) is 19.8 Å². The average molecular weight is 292 g/mol. The van der Waals surface area contributed by atoms with Crippen LogP contribution in [0.5, 0.6) is 0 Å². The zero-order chi connectivity index (χ0) is 14.8. The maximum atomic E-state index is 12.2. The zero-order valence-corrected chi connectivity index (χ0v) is 12.2. The highest BCUT2D eigenvalue weighted by atomic mass is 32.2. The van der Waals surface area contributed by atoms with Crippen molar-refractivity contribution >= 4 is 21.9 Å². The number of piperidine rings is 1. The molecule has 0 spiro atoms. The third-order valence-corrected chi connectivity index (χ3v) is 4.76. The van der Waals surface area contributed by atoms with Gasteiger partial charge in [0.1, 0.15) is 6.04 Å². The number of carboxylic acid groups (broad SMARTS) is 1. The number of hydrogen-bond acceptors (Lipinski definition) is 4. The summed E-state index contributed by atoms with van der Waals surface area (Å²) < 4.78 is 24.2. The molecule has 0 saturated carbocycles. The molecule has 0 bridgehead atoms. The van der Waals surface area contributed by atoms with Crippen LogP contribution in [0.25, 0.3) is 0 Å². The van der Waals surface area contributed by atoms with E-state index in [4.69, 9.17) is 5.11 Å². The molecule has 0 aromatic rings. The Hall–Kier alpha value is -1.15. The minimum Gasteiger partial charge on any atom is -0.480 e. The molecule has 110 valence electrons. The Kier molecular flexibility index (Phi) is 4.92. The van der Waals surface area contributed by atoms with Gasteiger partial charge < -0.3 is 10.0 Å². The molecular weight excluding hydrogens is 272 g/mol. The number of aliphatic carboxylic acids is 1. The predicted molar refractivity (Wildman–Crippen MR) is 69.0 cm³/mol. The van der Waals surface area contributed by atoms with Crippen molar-refractivity contribution in [1.29, 1.82) is 0 Å². The van der Waals surface area contributed by atoms with Crippen LogP contribution in [0, 0.1) is 5.92 Å². The number of sulfonamides is 1. The van der Waals surface area contributed by atoms with E-state index in [9.17, 15) is 18.0 Å². The maximum Gasteiger partial charge on any atom is 0.326 e. The standard InChI is InChI=1S/C11H20N2O5S/c1-8(11(15)16)12(2)10(14)9-5-4-6-13(7-9)19(3,17)18/h8-9H,4-7H2,1-3H3,(H,15,16)/t8-,9-/m0/s1. The monoisotopic (exact) mass is 292 g/mol. The van der Waals surface area contributed by atoms with Gasteiger partial charge in [0, 0.05) is 20.1 Å². The molecule has 7 nitrogen and oxygen atoms in total. The van der Waals surface area contributed by atoms with Crippen molar-refractivity contribution < 1.29 is 23.1 Å². The van der Waals surface area contributed by atoms with Gasteiger partial charge >= 0.3 is 5.97 Å². The molecule has 19 heavy (non-hydrogen) atoms. The van der Waals surface area contributed by atoms with Gasteiger partial charge in [-0.15, -0.1) is 0 Å². The average Bonchev–Trinajstić information content (AvgIpc) is 2.35. The minimum absolute atomic E-state index is 0.133. The number of nitrogens with zero attached hydrogens (tertiary/aromatic N) is 2. The lowest BCUT2D eigenvalue weighted by Crippen LogP contribution is -2.49. The van der Waals surface area contributed by atoms with Crippen molar-refractivity contribution in [3.05, 3.63) is 0 Å². The largest absolute Gasteiger partial charge is 0.480 e. The number of carboxylic acids is 1. The molecule has 0 aromatic heterocycles. The molecule has 2 atom stereocenters. The lowest BCUT2D eigenvalue weighted by atomic mass is 9.97. The summed E-state index contributed by atoms with van der Waals surface area (Å²) in [5.74, 6) is -1.86. The van der Waals surface area contributed by atoms with Gasteiger partial charge in [-0.3, -0.25) is 4.79 Å². The molecule has 0 aromatic carbocycles. The van der Waals surface area contributed by atoms with Crippen molar-refractivity contribution in [2.75, 3.05) is 26.4 Å². The number of hydrogen-bond donors (Lipinski definition) is 1. The molecule has 1 N–H and O–H groups in total. The van der Waals surface area contributed by atoms with Crippen molar-refractivity contribution in [1.82, 2.24) is 9.21 Å². The van der Waals surface area contributed by atoms with E-state index in [-0.39, 0.29) is 12.5 Å².